The van der Waals surface area contributed by atoms with Gasteiger partial charge in [0.2, 0.25) is 0 Å². The number of rotatable bonds is 4. The summed E-state index contributed by atoms with van der Waals surface area (Å²) in [6.45, 7) is 0. The third-order valence-electron chi connectivity index (χ3n) is 4.06. The Balaban J connectivity index is 1.94. The molecule has 0 spiro atoms. The van der Waals surface area contributed by atoms with E-state index in [1.54, 1.807) is 13.3 Å². The second-order valence-electron chi connectivity index (χ2n) is 5.35. The van der Waals surface area contributed by atoms with Crippen LogP contribution in [-0.4, -0.2) is 26.6 Å². The van der Waals surface area contributed by atoms with Crippen molar-refractivity contribution in [1.29, 1.82) is 0 Å². The molecule has 23 heavy (non-hydrogen) atoms. The van der Waals surface area contributed by atoms with Crippen LogP contribution in [0, 0.1) is 0 Å². The second-order valence-corrected chi connectivity index (χ2v) is 5.35. The van der Waals surface area contributed by atoms with Crippen molar-refractivity contribution in [2.45, 2.75) is 6.04 Å². The van der Waals surface area contributed by atoms with Crippen molar-refractivity contribution < 1.29 is 4.74 Å². The molecule has 5 nitrogen and oxygen atoms in total. The van der Waals surface area contributed by atoms with Crippen LogP contribution in [0.4, 0.5) is 0 Å². The van der Waals surface area contributed by atoms with E-state index in [2.05, 4.69) is 31.8 Å². The Hall–Kier alpha value is -3.08. The smallest absolute Gasteiger partial charge is 0.119 e. The highest BCUT2D eigenvalue weighted by atomic mass is 16.5. The molecule has 0 radical (unpaired) electrons. The summed E-state index contributed by atoms with van der Waals surface area (Å²) in [7, 11) is 1.68. The molecule has 114 valence electrons. The average Bonchev–Trinajstić information content (AvgIpc) is 3.26. The normalized spacial score (nSPS) is 12.4. The first-order chi connectivity index (χ1) is 11.4. The molecule has 0 aliphatic heterocycles. The molecular weight excluding hydrogens is 288 g/mol. The van der Waals surface area contributed by atoms with Crippen molar-refractivity contribution in [2.75, 3.05) is 7.11 Å². The first-order valence-electron chi connectivity index (χ1n) is 7.39. The summed E-state index contributed by atoms with van der Waals surface area (Å²) in [4.78, 5) is 11.7. The van der Waals surface area contributed by atoms with Gasteiger partial charge in [-0.25, -0.2) is 4.98 Å². The zero-order valence-electron chi connectivity index (χ0n) is 12.7. The van der Waals surface area contributed by atoms with Gasteiger partial charge in [0.25, 0.3) is 0 Å². The van der Waals surface area contributed by atoms with E-state index in [1.807, 2.05) is 49.2 Å². The first-order valence-corrected chi connectivity index (χ1v) is 7.39. The standard InChI is InChI=1S/C18H16N4O/c1-23-14-2-3-17-15(10-14)16(11-21-17)18(22-9-8-20-12-22)13-4-6-19-7-5-13/h2-12,18,21H,1H3. The number of benzene rings is 1. The Morgan fingerprint density at radius 1 is 1.09 bits per heavy atom. The number of nitrogens with one attached hydrogen (secondary N) is 1. The van der Waals surface area contributed by atoms with E-state index in [4.69, 9.17) is 4.74 Å². The van der Waals surface area contributed by atoms with Crippen molar-refractivity contribution in [1.82, 2.24) is 19.5 Å². The molecule has 0 aliphatic carbocycles. The Morgan fingerprint density at radius 3 is 2.70 bits per heavy atom. The van der Waals surface area contributed by atoms with Crippen molar-refractivity contribution >= 4 is 10.9 Å². The molecule has 3 heterocycles. The van der Waals surface area contributed by atoms with Gasteiger partial charge in [-0.1, -0.05) is 0 Å². The third kappa shape index (κ3) is 2.36. The highest BCUT2D eigenvalue weighted by Crippen LogP contribution is 2.33. The number of nitrogens with zero attached hydrogens (tertiary/aromatic N) is 3. The quantitative estimate of drug-likeness (QED) is 0.628. The van der Waals surface area contributed by atoms with E-state index in [-0.39, 0.29) is 6.04 Å². The van der Waals surface area contributed by atoms with Gasteiger partial charge in [-0.05, 0) is 35.9 Å². The lowest BCUT2D eigenvalue weighted by Crippen LogP contribution is -2.10. The van der Waals surface area contributed by atoms with Crippen LogP contribution in [0.2, 0.25) is 0 Å². The number of imidazole rings is 1. The van der Waals surface area contributed by atoms with Gasteiger partial charge in [0.1, 0.15) is 5.75 Å². The molecule has 0 saturated heterocycles. The molecule has 0 amide bonds. The number of hydrogen-bond donors (Lipinski definition) is 1. The van der Waals surface area contributed by atoms with E-state index in [1.165, 1.54) is 5.56 Å². The summed E-state index contributed by atoms with van der Waals surface area (Å²) < 4.78 is 7.47. The van der Waals surface area contributed by atoms with E-state index >= 15 is 0 Å². The minimum atomic E-state index is 0.0290. The highest BCUT2D eigenvalue weighted by molar-refractivity contribution is 5.85. The van der Waals surface area contributed by atoms with Crippen LogP contribution in [0.1, 0.15) is 17.2 Å². The van der Waals surface area contributed by atoms with E-state index < -0.39 is 0 Å². The van der Waals surface area contributed by atoms with Crippen LogP contribution >= 0.6 is 0 Å². The van der Waals surface area contributed by atoms with Crippen molar-refractivity contribution in [3.05, 3.63) is 78.8 Å². The fourth-order valence-corrected chi connectivity index (χ4v) is 2.95. The van der Waals surface area contributed by atoms with Crippen LogP contribution in [-0.2, 0) is 0 Å². The minimum Gasteiger partial charge on any atom is -0.497 e. The lowest BCUT2D eigenvalue weighted by molar-refractivity contribution is 0.415. The zero-order chi connectivity index (χ0) is 15.6. The van der Waals surface area contributed by atoms with Crippen molar-refractivity contribution in [3.63, 3.8) is 0 Å². The summed E-state index contributed by atoms with van der Waals surface area (Å²) in [5.41, 5.74) is 3.41. The van der Waals surface area contributed by atoms with E-state index in [0.717, 1.165) is 22.2 Å². The molecule has 1 atom stereocenters. The fraction of sp³-hybridized carbons (Fsp3) is 0.111. The molecule has 3 aromatic heterocycles. The van der Waals surface area contributed by atoms with Gasteiger partial charge in [-0.3, -0.25) is 4.98 Å². The van der Waals surface area contributed by atoms with Gasteiger partial charge in [0.15, 0.2) is 0 Å². The number of pyridine rings is 1. The van der Waals surface area contributed by atoms with Gasteiger partial charge >= 0.3 is 0 Å². The number of hydrogen-bond acceptors (Lipinski definition) is 3. The average molecular weight is 304 g/mol. The molecule has 1 aromatic carbocycles. The van der Waals surface area contributed by atoms with Crippen LogP contribution in [0.25, 0.3) is 10.9 Å². The number of ether oxygens (including phenoxy) is 1. The molecule has 4 aromatic rings. The summed E-state index contributed by atoms with van der Waals surface area (Å²) in [5.74, 6) is 0.845. The van der Waals surface area contributed by atoms with Crippen molar-refractivity contribution in [3.8, 4) is 5.75 Å². The topological polar surface area (TPSA) is 55.7 Å². The van der Waals surface area contributed by atoms with E-state index in [0.29, 0.717) is 0 Å². The first kappa shape index (κ1) is 13.6. The molecule has 1 N–H and O–H groups in total. The molecule has 0 saturated carbocycles. The Labute approximate surface area is 133 Å². The summed E-state index contributed by atoms with van der Waals surface area (Å²) >= 11 is 0. The molecule has 4 rings (SSSR count). The summed E-state index contributed by atoms with van der Waals surface area (Å²) in [6.07, 6.45) is 11.3. The Morgan fingerprint density at radius 2 is 1.96 bits per heavy atom. The molecule has 0 fully saturated rings. The van der Waals surface area contributed by atoms with Crippen molar-refractivity contribution in [2.24, 2.45) is 0 Å². The molecule has 5 heteroatoms. The highest BCUT2D eigenvalue weighted by Gasteiger charge is 2.19. The van der Waals surface area contributed by atoms with Gasteiger partial charge in [-0.2, -0.15) is 0 Å². The molecular formula is C18H16N4O. The van der Waals surface area contributed by atoms with Crippen LogP contribution in [0.3, 0.4) is 0 Å². The monoisotopic (exact) mass is 304 g/mol. The molecule has 0 bridgehead atoms. The van der Waals surface area contributed by atoms with Crippen LogP contribution in [0.15, 0.2) is 67.6 Å². The van der Waals surface area contributed by atoms with Crippen LogP contribution in [0.5, 0.6) is 5.75 Å². The maximum atomic E-state index is 5.38. The van der Waals surface area contributed by atoms with E-state index in [9.17, 15) is 0 Å². The Kier molecular flexibility index (Phi) is 3.31. The summed E-state index contributed by atoms with van der Waals surface area (Å²) in [6, 6.07) is 10.2. The maximum absolute atomic E-state index is 5.38. The van der Waals surface area contributed by atoms with Gasteiger partial charge in [-0.15, -0.1) is 0 Å². The summed E-state index contributed by atoms with van der Waals surface area (Å²) in [5, 5.41) is 1.14. The number of methoxy groups -OCH3 is 1. The molecule has 0 aliphatic rings. The van der Waals surface area contributed by atoms with Gasteiger partial charge in [0.05, 0.1) is 19.5 Å². The number of fused-ring (bicyclic) bond motifs is 1. The largest absolute Gasteiger partial charge is 0.497 e. The minimum absolute atomic E-state index is 0.0290. The number of aromatic amines is 1. The lowest BCUT2D eigenvalue weighted by Gasteiger charge is -2.18. The third-order valence-corrected chi connectivity index (χ3v) is 4.06. The fourth-order valence-electron chi connectivity index (χ4n) is 2.95. The number of aromatic nitrogens is 4. The predicted molar refractivity (Wildman–Crippen MR) is 88.6 cm³/mol. The zero-order valence-corrected chi connectivity index (χ0v) is 12.7. The Bertz CT molecular complexity index is 913. The predicted octanol–water partition coefficient (Wildman–Crippen LogP) is 3.41. The van der Waals surface area contributed by atoms with Crippen LogP contribution < -0.4 is 4.74 Å². The lowest BCUT2D eigenvalue weighted by atomic mass is 9.99. The number of H-pyrrole nitrogens is 1. The molecule has 1 unspecified atom stereocenters. The SMILES string of the molecule is COc1ccc2[nH]cc(C(c3ccncc3)n3ccnc3)c2c1. The second kappa shape index (κ2) is 5.61. The maximum Gasteiger partial charge on any atom is 0.119 e. The van der Waals surface area contributed by atoms with Gasteiger partial charge < -0.3 is 14.3 Å². The van der Waals surface area contributed by atoms with Gasteiger partial charge in [0, 0.05) is 47.5 Å².